The Morgan fingerprint density at radius 3 is 1.00 bits per heavy atom. The van der Waals surface area contributed by atoms with E-state index >= 15 is 0 Å². The summed E-state index contributed by atoms with van der Waals surface area (Å²) < 4.78 is 0. The third-order valence-electron chi connectivity index (χ3n) is 0.500. The Balaban J connectivity index is 0. The van der Waals surface area contributed by atoms with E-state index in [1.807, 2.05) is 0 Å². The molecule has 0 aromatic heterocycles. The zero-order chi connectivity index (χ0) is 7.91. The minimum absolute atomic E-state index is 1.32. The third kappa shape index (κ3) is 265. The molecule has 4 N–H and O–H groups in total. The monoisotopic (exact) mass is 154 g/mol. The molecule has 0 saturated heterocycles. The molecule has 5 heteroatoms. The van der Waals surface area contributed by atoms with Crippen LogP contribution < -0.4 is 0 Å². The van der Waals surface area contributed by atoms with Gasteiger partial charge in [0.1, 0.15) is 0 Å². The highest BCUT2D eigenvalue weighted by atomic mass is 28.4. The maximum Gasteiger partial charge on any atom is 0.668 e. The van der Waals surface area contributed by atoms with E-state index in [4.69, 9.17) is 19.2 Å². The molecule has 0 spiro atoms. The number of rotatable bonds is 1. The van der Waals surface area contributed by atoms with E-state index in [2.05, 4.69) is 13.8 Å². The first kappa shape index (κ1) is 11.8. The van der Waals surface area contributed by atoms with Crippen molar-refractivity contribution in [3.05, 3.63) is 0 Å². The van der Waals surface area contributed by atoms with Crippen LogP contribution in [0.4, 0.5) is 0 Å². The van der Waals surface area contributed by atoms with Crippen molar-refractivity contribution in [3.8, 4) is 0 Å². The van der Waals surface area contributed by atoms with Gasteiger partial charge in [-0.05, 0) is 0 Å². The first-order valence-corrected chi connectivity index (χ1v) is 4.60. The molecule has 0 unspecified atom stereocenters. The summed E-state index contributed by atoms with van der Waals surface area (Å²) in [6, 6.07) is 0. The van der Waals surface area contributed by atoms with Crippen LogP contribution in [0.5, 0.6) is 0 Å². The fraction of sp³-hybridized carbons (Fsp3) is 1.00. The van der Waals surface area contributed by atoms with Gasteiger partial charge in [0.05, 0.1) is 0 Å². The molecule has 0 radical (unpaired) electrons. The average Bonchev–Trinajstić information content (AvgIpc) is 1.61. The highest BCUT2D eigenvalue weighted by molar-refractivity contribution is 6.46. The van der Waals surface area contributed by atoms with Gasteiger partial charge in [-0.15, -0.1) is 0 Å². The molecule has 0 aliphatic carbocycles. The van der Waals surface area contributed by atoms with Crippen molar-refractivity contribution in [2.45, 2.75) is 26.7 Å². The summed E-state index contributed by atoms with van der Waals surface area (Å²) >= 11 is 0. The molecule has 0 saturated carbocycles. The fourth-order valence-electron chi connectivity index (χ4n) is 0. The molecule has 4 nitrogen and oxygen atoms in total. The van der Waals surface area contributed by atoms with Crippen LogP contribution >= 0.6 is 0 Å². The van der Waals surface area contributed by atoms with Crippen LogP contribution in [0.2, 0.25) is 0 Å². The molecular weight excluding hydrogens is 140 g/mol. The largest absolute Gasteiger partial charge is 0.668 e. The summed E-state index contributed by atoms with van der Waals surface area (Å²) in [5.41, 5.74) is 0. The van der Waals surface area contributed by atoms with E-state index in [-0.39, 0.29) is 0 Å². The summed E-state index contributed by atoms with van der Waals surface area (Å²) in [5, 5.41) is 0. The van der Waals surface area contributed by atoms with Crippen LogP contribution in [-0.4, -0.2) is 28.2 Å². The van der Waals surface area contributed by atoms with Gasteiger partial charge in [0, 0.05) is 0 Å². The van der Waals surface area contributed by atoms with Gasteiger partial charge in [-0.3, -0.25) is 0 Å². The van der Waals surface area contributed by atoms with Gasteiger partial charge >= 0.3 is 9.05 Å². The predicted octanol–water partition coefficient (Wildman–Crippen LogP) is -0.802. The Kier molecular flexibility index (Phi) is 8.11. The standard InChI is InChI=1S/C4H10.H4O4Si/c1-3-4-2;1-5(2,3)4/h3-4H2,1-2H3;1-4H. The van der Waals surface area contributed by atoms with E-state index in [0.717, 1.165) is 0 Å². The fourth-order valence-corrected chi connectivity index (χ4v) is 0. The second kappa shape index (κ2) is 6.18. The Bertz CT molecular complexity index is 43.0. The minimum atomic E-state index is -4.61. The Morgan fingerprint density at radius 2 is 1.00 bits per heavy atom. The molecule has 0 fully saturated rings. The van der Waals surface area contributed by atoms with Gasteiger partial charge in [0.25, 0.3) is 0 Å². The SMILES string of the molecule is CCCC.O[Si](O)(O)O. The molecule has 0 aliphatic heterocycles. The molecule has 0 heterocycles. The van der Waals surface area contributed by atoms with E-state index in [1.165, 1.54) is 12.8 Å². The highest BCUT2D eigenvalue weighted by Crippen LogP contribution is 1.76. The minimum Gasteiger partial charge on any atom is -0.368 e. The maximum absolute atomic E-state index is 7.33. The first-order valence-electron chi connectivity index (χ1n) is 2.81. The van der Waals surface area contributed by atoms with Crippen LogP contribution in [0.3, 0.4) is 0 Å². The lowest BCUT2D eigenvalue weighted by molar-refractivity contribution is 0.117. The van der Waals surface area contributed by atoms with Crippen LogP contribution in [0.1, 0.15) is 26.7 Å². The molecule has 58 valence electrons. The molecule has 0 aromatic carbocycles. The summed E-state index contributed by atoms with van der Waals surface area (Å²) in [6.45, 7) is 4.36. The van der Waals surface area contributed by atoms with Crippen molar-refractivity contribution < 1.29 is 19.2 Å². The Hall–Kier alpha value is 0.0569. The average molecular weight is 154 g/mol. The van der Waals surface area contributed by atoms with Crippen molar-refractivity contribution in [2.24, 2.45) is 0 Å². The van der Waals surface area contributed by atoms with Gasteiger partial charge in [-0.1, -0.05) is 26.7 Å². The summed E-state index contributed by atoms with van der Waals surface area (Å²) in [6.07, 6.45) is 2.64. The van der Waals surface area contributed by atoms with Gasteiger partial charge in [-0.25, -0.2) is 0 Å². The van der Waals surface area contributed by atoms with E-state index in [1.54, 1.807) is 0 Å². The number of unbranched alkanes of at least 4 members (excludes halogenated alkanes) is 1. The van der Waals surface area contributed by atoms with Crippen LogP contribution in [-0.2, 0) is 0 Å². The molecule has 0 aliphatic rings. The quantitative estimate of drug-likeness (QED) is 0.373. The molecule has 0 bridgehead atoms. The molecule has 9 heavy (non-hydrogen) atoms. The molecule has 0 atom stereocenters. The van der Waals surface area contributed by atoms with Crippen molar-refractivity contribution in [1.82, 2.24) is 0 Å². The first-order chi connectivity index (χ1) is 3.91. The van der Waals surface area contributed by atoms with Crippen molar-refractivity contribution in [2.75, 3.05) is 0 Å². The maximum atomic E-state index is 7.33. The zero-order valence-corrected chi connectivity index (χ0v) is 6.70. The van der Waals surface area contributed by atoms with Gasteiger partial charge < -0.3 is 19.2 Å². The van der Waals surface area contributed by atoms with Crippen LogP contribution in [0.15, 0.2) is 0 Å². The highest BCUT2D eigenvalue weighted by Gasteiger charge is 2.22. The summed E-state index contributed by atoms with van der Waals surface area (Å²) in [4.78, 5) is 29.3. The lowest BCUT2D eigenvalue weighted by Crippen LogP contribution is -2.33. The van der Waals surface area contributed by atoms with E-state index < -0.39 is 9.05 Å². The summed E-state index contributed by atoms with van der Waals surface area (Å²) in [7, 11) is -4.61. The predicted molar refractivity (Wildman–Crippen MR) is 35.2 cm³/mol. The van der Waals surface area contributed by atoms with Gasteiger partial charge in [-0.2, -0.15) is 0 Å². The second-order valence-corrected chi connectivity index (χ2v) is 2.80. The lowest BCUT2D eigenvalue weighted by Gasteiger charge is -1.91. The van der Waals surface area contributed by atoms with Gasteiger partial charge in [0.2, 0.25) is 0 Å². The van der Waals surface area contributed by atoms with Crippen molar-refractivity contribution in [1.29, 1.82) is 0 Å². The smallest absolute Gasteiger partial charge is 0.368 e. The van der Waals surface area contributed by atoms with Crippen LogP contribution in [0, 0.1) is 0 Å². The molecule has 0 aromatic rings. The second-order valence-electron chi connectivity index (χ2n) is 1.60. The Morgan fingerprint density at radius 1 is 0.889 bits per heavy atom. The number of hydrogen-bond acceptors (Lipinski definition) is 4. The van der Waals surface area contributed by atoms with Crippen LogP contribution in [0.25, 0.3) is 0 Å². The third-order valence-corrected chi connectivity index (χ3v) is 0.500. The Labute approximate surface area is 55.9 Å². The summed E-state index contributed by atoms with van der Waals surface area (Å²) in [5.74, 6) is 0. The molecule has 0 rings (SSSR count). The zero-order valence-electron chi connectivity index (χ0n) is 5.70. The van der Waals surface area contributed by atoms with Crippen molar-refractivity contribution >= 4 is 9.05 Å². The topological polar surface area (TPSA) is 80.9 Å². The molecular formula is C4H14O4Si. The lowest BCUT2D eigenvalue weighted by atomic mass is 10.4. The van der Waals surface area contributed by atoms with E-state index in [9.17, 15) is 0 Å². The number of hydrogen-bond donors (Lipinski definition) is 4. The molecule has 0 amide bonds. The van der Waals surface area contributed by atoms with E-state index in [0.29, 0.717) is 0 Å². The van der Waals surface area contributed by atoms with Crippen molar-refractivity contribution in [3.63, 3.8) is 0 Å². The van der Waals surface area contributed by atoms with Gasteiger partial charge in [0.15, 0.2) is 0 Å². The normalized spacial score (nSPS) is 10.0.